The van der Waals surface area contributed by atoms with Crippen molar-refractivity contribution in [1.29, 1.82) is 0 Å². The lowest BCUT2D eigenvalue weighted by Gasteiger charge is -2.25. The molecule has 3 aromatic heterocycles. The van der Waals surface area contributed by atoms with Gasteiger partial charge >= 0.3 is 0 Å². The maximum absolute atomic E-state index is 4.53. The monoisotopic (exact) mass is 324 g/mol. The highest BCUT2D eigenvalue weighted by atomic mass is 15.3. The summed E-state index contributed by atoms with van der Waals surface area (Å²) in [6.07, 6.45) is 6.34. The topological polar surface area (TPSA) is 85.9 Å². The Hall–Kier alpha value is -2.90. The molecule has 4 rings (SSSR count). The molecule has 2 N–H and O–H groups in total. The van der Waals surface area contributed by atoms with E-state index in [0.717, 1.165) is 48.1 Å². The fourth-order valence-corrected chi connectivity index (χ4v) is 3.18. The van der Waals surface area contributed by atoms with Crippen LogP contribution in [0.4, 0.5) is 17.6 Å². The van der Waals surface area contributed by atoms with Gasteiger partial charge < -0.3 is 20.1 Å². The quantitative estimate of drug-likeness (QED) is 0.752. The molecule has 0 bridgehead atoms. The molecular formula is C16H20N8. The fraction of sp³-hybridized carbons (Fsp3) is 0.375. The molecule has 1 aliphatic heterocycles. The zero-order chi connectivity index (χ0) is 16.5. The lowest BCUT2D eigenvalue weighted by Crippen LogP contribution is -2.36. The zero-order valence-corrected chi connectivity index (χ0v) is 13.8. The largest absolute Gasteiger partial charge is 0.373 e. The van der Waals surface area contributed by atoms with E-state index in [0.29, 0.717) is 6.04 Å². The van der Waals surface area contributed by atoms with Crippen molar-refractivity contribution in [3.8, 4) is 0 Å². The summed E-state index contributed by atoms with van der Waals surface area (Å²) in [5.41, 5.74) is 0.877. The van der Waals surface area contributed by atoms with Crippen LogP contribution < -0.4 is 15.1 Å². The maximum Gasteiger partial charge on any atom is 0.227 e. The van der Waals surface area contributed by atoms with Crippen LogP contribution in [0.3, 0.4) is 0 Å². The minimum absolute atomic E-state index is 0.348. The SMILES string of the molecule is CNc1ccnc(N(C)[C@@H]2CCN(c3ncnc4[nH]ccc34)C2)n1. The summed E-state index contributed by atoms with van der Waals surface area (Å²) in [6.45, 7) is 1.85. The van der Waals surface area contributed by atoms with Crippen molar-refractivity contribution in [3.63, 3.8) is 0 Å². The Morgan fingerprint density at radius 1 is 1.29 bits per heavy atom. The molecule has 0 aromatic carbocycles. The van der Waals surface area contributed by atoms with Crippen molar-refractivity contribution in [1.82, 2.24) is 24.9 Å². The number of fused-ring (bicyclic) bond motifs is 1. The molecule has 0 aliphatic carbocycles. The lowest BCUT2D eigenvalue weighted by molar-refractivity contribution is 0.674. The van der Waals surface area contributed by atoms with Gasteiger partial charge in [-0.25, -0.2) is 15.0 Å². The van der Waals surface area contributed by atoms with Crippen molar-refractivity contribution in [2.45, 2.75) is 12.5 Å². The van der Waals surface area contributed by atoms with Crippen molar-refractivity contribution >= 4 is 28.6 Å². The summed E-state index contributed by atoms with van der Waals surface area (Å²) in [7, 11) is 3.91. The van der Waals surface area contributed by atoms with E-state index in [4.69, 9.17) is 0 Å². The Kier molecular flexibility index (Phi) is 3.64. The molecule has 1 fully saturated rings. The summed E-state index contributed by atoms with van der Waals surface area (Å²) in [4.78, 5) is 25.3. The second-order valence-corrected chi connectivity index (χ2v) is 5.93. The minimum atomic E-state index is 0.348. The van der Waals surface area contributed by atoms with Crippen LogP contribution in [0.15, 0.2) is 30.9 Å². The smallest absolute Gasteiger partial charge is 0.227 e. The molecule has 1 atom stereocenters. The number of nitrogens with one attached hydrogen (secondary N) is 2. The number of aromatic nitrogens is 5. The second-order valence-electron chi connectivity index (χ2n) is 5.93. The molecule has 0 saturated carbocycles. The van der Waals surface area contributed by atoms with E-state index >= 15 is 0 Å². The molecule has 0 spiro atoms. The van der Waals surface area contributed by atoms with Crippen LogP contribution in [0.5, 0.6) is 0 Å². The number of hydrogen-bond acceptors (Lipinski definition) is 7. The third-order valence-electron chi connectivity index (χ3n) is 4.56. The third-order valence-corrected chi connectivity index (χ3v) is 4.56. The van der Waals surface area contributed by atoms with Crippen LogP contribution in [0.1, 0.15) is 6.42 Å². The van der Waals surface area contributed by atoms with Gasteiger partial charge in [0, 0.05) is 39.6 Å². The second kappa shape index (κ2) is 5.95. The number of likely N-dealkylation sites (N-methyl/N-ethyl adjacent to an activating group) is 1. The molecular weight excluding hydrogens is 304 g/mol. The van der Waals surface area contributed by atoms with Gasteiger partial charge in [-0.1, -0.05) is 0 Å². The van der Waals surface area contributed by atoms with Gasteiger partial charge in [0.15, 0.2) is 0 Å². The molecule has 1 aliphatic rings. The van der Waals surface area contributed by atoms with Gasteiger partial charge in [-0.05, 0) is 18.6 Å². The van der Waals surface area contributed by atoms with E-state index in [9.17, 15) is 0 Å². The normalized spacial score (nSPS) is 17.4. The van der Waals surface area contributed by atoms with E-state index < -0.39 is 0 Å². The van der Waals surface area contributed by atoms with Gasteiger partial charge in [0.05, 0.1) is 11.4 Å². The van der Waals surface area contributed by atoms with Crippen molar-refractivity contribution in [2.75, 3.05) is 42.3 Å². The number of hydrogen-bond donors (Lipinski definition) is 2. The first-order chi connectivity index (χ1) is 11.8. The van der Waals surface area contributed by atoms with Gasteiger partial charge in [0.25, 0.3) is 0 Å². The first-order valence-corrected chi connectivity index (χ1v) is 8.03. The van der Waals surface area contributed by atoms with Crippen LogP contribution in [-0.2, 0) is 0 Å². The molecule has 0 unspecified atom stereocenters. The average molecular weight is 324 g/mol. The highest BCUT2D eigenvalue weighted by Gasteiger charge is 2.29. The number of anilines is 3. The van der Waals surface area contributed by atoms with Crippen molar-refractivity contribution < 1.29 is 0 Å². The van der Waals surface area contributed by atoms with Crippen LogP contribution >= 0.6 is 0 Å². The Morgan fingerprint density at radius 2 is 2.21 bits per heavy atom. The molecule has 0 radical (unpaired) electrons. The Morgan fingerprint density at radius 3 is 3.08 bits per heavy atom. The predicted molar refractivity (Wildman–Crippen MR) is 94.5 cm³/mol. The Labute approximate surface area is 140 Å². The third kappa shape index (κ3) is 2.49. The molecule has 3 aromatic rings. The van der Waals surface area contributed by atoms with E-state index in [1.807, 2.05) is 25.4 Å². The summed E-state index contributed by atoms with van der Waals surface area (Å²) in [5, 5.41) is 4.12. The Bertz CT molecular complexity index is 845. The van der Waals surface area contributed by atoms with E-state index in [1.165, 1.54) is 0 Å². The standard InChI is InChI=1S/C16H20N8/c1-17-13-4-7-19-16(22-13)23(2)11-5-8-24(9-11)15-12-3-6-18-14(12)20-10-21-15/h3-4,6-7,10-11H,5,8-9H2,1-2H3,(H,17,19,22)(H,18,20,21)/t11-/m1/s1. The van der Waals surface area contributed by atoms with Crippen molar-refractivity contribution in [3.05, 3.63) is 30.9 Å². The molecule has 124 valence electrons. The van der Waals surface area contributed by atoms with Crippen LogP contribution in [0.2, 0.25) is 0 Å². The number of nitrogens with zero attached hydrogens (tertiary/aromatic N) is 6. The van der Waals surface area contributed by atoms with Gasteiger partial charge in [-0.2, -0.15) is 4.98 Å². The van der Waals surface area contributed by atoms with Gasteiger partial charge in [0.1, 0.15) is 23.6 Å². The minimum Gasteiger partial charge on any atom is -0.373 e. The number of aromatic amines is 1. The Balaban J connectivity index is 1.54. The van der Waals surface area contributed by atoms with Crippen LogP contribution in [0, 0.1) is 0 Å². The summed E-state index contributed by atoms with van der Waals surface area (Å²) < 4.78 is 0. The maximum atomic E-state index is 4.53. The summed E-state index contributed by atoms with van der Waals surface area (Å²) in [5.74, 6) is 2.55. The molecule has 24 heavy (non-hydrogen) atoms. The van der Waals surface area contributed by atoms with Crippen LogP contribution in [-0.4, -0.2) is 58.1 Å². The molecule has 8 heteroatoms. The van der Waals surface area contributed by atoms with E-state index in [1.54, 1.807) is 12.5 Å². The van der Waals surface area contributed by atoms with Crippen molar-refractivity contribution in [2.24, 2.45) is 0 Å². The van der Waals surface area contributed by atoms with E-state index in [2.05, 4.69) is 47.1 Å². The fourth-order valence-electron chi connectivity index (χ4n) is 3.18. The van der Waals surface area contributed by atoms with Gasteiger partial charge in [-0.3, -0.25) is 0 Å². The lowest BCUT2D eigenvalue weighted by atomic mass is 10.2. The highest BCUT2D eigenvalue weighted by Crippen LogP contribution is 2.27. The molecule has 0 amide bonds. The summed E-state index contributed by atoms with van der Waals surface area (Å²) >= 11 is 0. The zero-order valence-electron chi connectivity index (χ0n) is 13.8. The highest BCUT2D eigenvalue weighted by molar-refractivity contribution is 5.87. The average Bonchev–Trinajstić information content (AvgIpc) is 3.30. The van der Waals surface area contributed by atoms with Gasteiger partial charge in [-0.15, -0.1) is 0 Å². The molecule has 1 saturated heterocycles. The van der Waals surface area contributed by atoms with Crippen LogP contribution in [0.25, 0.3) is 11.0 Å². The van der Waals surface area contributed by atoms with E-state index in [-0.39, 0.29) is 0 Å². The number of rotatable bonds is 4. The first kappa shape index (κ1) is 14.7. The number of H-pyrrole nitrogens is 1. The van der Waals surface area contributed by atoms with Gasteiger partial charge in [0.2, 0.25) is 5.95 Å². The molecule has 8 nitrogen and oxygen atoms in total. The molecule has 4 heterocycles. The first-order valence-electron chi connectivity index (χ1n) is 8.03. The predicted octanol–water partition coefficient (Wildman–Crippen LogP) is 1.50. The summed E-state index contributed by atoms with van der Waals surface area (Å²) in [6, 6.07) is 4.24.